The zero-order valence-electron chi connectivity index (χ0n) is 15.7. The molecule has 0 saturated carbocycles. The first-order valence-corrected chi connectivity index (χ1v) is 9.50. The van der Waals surface area contributed by atoms with E-state index in [0.29, 0.717) is 5.56 Å². The first kappa shape index (κ1) is 17.5. The van der Waals surface area contributed by atoms with Crippen LogP contribution in [0.25, 0.3) is 5.82 Å². The molecule has 0 spiro atoms. The second-order valence-corrected chi connectivity index (χ2v) is 6.96. The van der Waals surface area contributed by atoms with Gasteiger partial charge in [-0.1, -0.05) is 13.0 Å². The van der Waals surface area contributed by atoms with Crippen LogP contribution >= 0.6 is 0 Å². The van der Waals surface area contributed by atoms with Gasteiger partial charge in [-0.05, 0) is 44.7 Å². The second kappa shape index (κ2) is 7.34. The van der Waals surface area contributed by atoms with Gasteiger partial charge in [0.1, 0.15) is 0 Å². The van der Waals surface area contributed by atoms with Crippen molar-refractivity contribution >= 4 is 5.91 Å². The van der Waals surface area contributed by atoms with Gasteiger partial charge >= 0.3 is 0 Å². The number of pyridine rings is 1. The number of hydrogen-bond acceptors (Lipinski definition) is 4. The highest BCUT2D eigenvalue weighted by atomic mass is 16.1. The Labute approximate surface area is 158 Å². The molecule has 4 rings (SSSR count). The Hall–Kier alpha value is -2.96. The number of nitrogens with zero attached hydrogens (tertiary/aromatic N) is 5. The van der Waals surface area contributed by atoms with Crippen molar-refractivity contribution in [2.75, 3.05) is 0 Å². The maximum Gasteiger partial charge on any atom is 0.255 e. The summed E-state index contributed by atoms with van der Waals surface area (Å²) in [6.45, 7) is 4.80. The number of carbonyl (C=O) groups is 1. The van der Waals surface area contributed by atoms with Crippen molar-refractivity contribution in [3.05, 3.63) is 59.3 Å². The molecule has 1 amide bonds. The van der Waals surface area contributed by atoms with Gasteiger partial charge in [0.25, 0.3) is 5.91 Å². The van der Waals surface area contributed by atoms with Crippen LogP contribution in [0.1, 0.15) is 59.5 Å². The molecule has 0 fully saturated rings. The first-order valence-electron chi connectivity index (χ1n) is 9.50. The summed E-state index contributed by atoms with van der Waals surface area (Å²) in [6, 6.07) is 5.76. The number of fused-ring (bicyclic) bond motifs is 1. The standard InChI is InChI=1S/C20H24N6O/c1-3-11-25-13-16(14(2)24-25)20(27)23-17-7-6-8-18-15(17)12-22-26(18)19-9-4-5-10-21-19/h4-5,9-10,12-13,17H,3,6-8,11H2,1-2H3,(H,23,27). The van der Waals surface area contributed by atoms with E-state index in [1.54, 1.807) is 6.20 Å². The molecule has 0 aliphatic heterocycles. The number of carbonyl (C=O) groups excluding carboxylic acids is 1. The summed E-state index contributed by atoms with van der Waals surface area (Å²) in [7, 11) is 0. The summed E-state index contributed by atoms with van der Waals surface area (Å²) in [6.07, 6.45) is 9.31. The van der Waals surface area contributed by atoms with Gasteiger partial charge in [-0.15, -0.1) is 0 Å². The zero-order valence-corrected chi connectivity index (χ0v) is 15.7. The third-order valence-electron chi connectivity index (χ3n) is 5.00. The minimum Gasteiger partial charge on any atom is -0.345 e. The Morgan fingerprint density at radius 2 is 2.26 bits per heavy atom. The molecule has 27 heavy (non-hydrogen) atoms. The molecule has 3 heterocycles. The van der Waals surface area contributed by atoms with Gasteiger partial charge < -0.3 is 5.32 Å². The van der Waals surface area contributed by atoms with Gasteiger partial charge in [-0.25, -0.2) is 9.67 Å². The predicted molar refractivity (Wildman–Crippen MR) is 102 cm³/mol. The molecule has 1 aliphatic carbocycles. The fourth-order valence-electron chi connectivity index (χ4n) is 3.70. The molecule has 0 aromatic carbocycles. The van der Waals surface area contributed by atoms with Gasteiger partial charge in [-0.3, -0.25) is 9.48 Å². The number of rotatable bonds is 5. The Bertz CT molecular complexity index is 943. The molecule has 140 valence electrons. The molecule has 3 aromatic rings. The Morgan fingerprint density at radius 3 is 3.04 bits per heavy atom. The van der Waals surface area contributed by atoms with Gasteiger partial charge in [0.2, 0.25) is 0 Å². The topological polar surface area (TPSA) is 77.6 Å². The fraction of sp³-hybridized carbons (Fsp3) is 0.400. The number of aryl methyl sites for hydroxylation is 2. The van der Waals surface area contributed by atoms with E-state index in [1.165, 1.54) is 0 Å². The van der Waals surface area contributed by atoms with E-state index >= 15 is 0 Å². The smallest absolute Gasteiger partial charge is 0.255 e. The lowest BCUT2D eigenvalue weighted by Gasteiger charge is -2.24. The number of amides is 1. The molecular formula is C20H24N6O. The highest BCUT2D eigenvalue weighted by Crippen LogP contribution is 2.31. The van der Waals surface area contributed by atoms with E-state index in [2.05, 4.69) is 27.4 Å². The van der Waals surface area contributed by atoms with Crippen LogP contribution in [0.2, 0.25) is 0 Å². The quantitative estimate of drug-likeness (QED) is 0.755. The van der Waals surface area contributed by atoms with Crippen LogP contribution in [0.4, 0.5) is 0 Å². The summed E-state index contributed by atoms with van der Waals surface area (Å²) < 4.78 is 3.73. The molecule has 0 radical (unpaired) electrons. The maximum atomic E-state index is 12.8. The van der Waals surface area contributed by atoms with E-state index in [-0.39, 0.29) is 11.9 Å². The number of nitrogens with one attached hydrogen (secondary N) is 1. The predicted octanol–water partition coefficient (Wildman–Crippen LogP) is 2.99. The summed E-state index contributed by atoms with van der Waals surface area (Å²) in [5.41, 5.74) is 3.62. The third-order valence-corrected chi connectivity index (χ3v) is 5.00. The van der Waals surface area contributed by atoms with Gasteiger partial charge in [0.15, 0.2) is 5.82 Å². The van der Waals surface area contributed by atoms with Crippen molar-refractivity contribution in [1.29, 1.82) is 0 Å². The molecule has 1 unspecified atom stereocenters. The first-order chi connectivity index (χ1) is 13.2. The van der Waals surface area contributed by atoms with Gasteiger partial charge in [0.05, 0.1) is 29.2 Å². The van der Waals surface area contributed by atoms with Crippen LogP contribution in [-0.2, 0) is 13.0 Å². The average molecular weight is 364 g/mol. The van der Waals surface area contributed by atoms with Crippen molar-refractivity contribution in [2.24, 2.45) is 0 Å². The van der Waals surface area contributed by atoms with Crippen LogP contribution in [0.15, 0.2) is 36.8 Å². The average Bonchev–Trinajstić information content (AvgIpc) is 3.27. The molecule has 1 N–H and O–H groups in total. The van der Waals surface area contributed by atoms with Crippen LogP contribution in [0.3, 0.4) is 0 Å². The summed E-state index contributed by atoms with van der Waals surface area (Å²) in [5.74, 6) is 0.737. The lowest BCUT2D eigenvalue weighted by molar-refractivity contribution is 0.0932. The molecular weight excluding hydrogens is 340 g/mol. The molecule has 0 saturated heterocycles. The van der Waals surface area contributed by atoms with E-state index in [9.17, 15) is 4.79 Å². The van der Waals surface area contributed by atoms with E-state index in [1.807, 2.05) is 46.9 Å². The lowest BCUT2D eigenvalue weighted by atomic mass is 9.92. The van der Waals surface area contributed by atoms with Crippen LogP contribution in [-0.4, -0.2) is 30.5 Å². The van der Waals surface area contributed by atoms with Crippen LogP contribution < -0.4 is 5.32 Å². The number of aromatic nitrogens is 5. The van der Waals surface area contributed by atoms with E-state index < -0.39 is 0 Å². The molecule has 0 bridgehead atoms. The van der Waals surface area contributed by atoms with Gasteiger partial charge in [-0.2, -0.15) is 10.2 Å². The van der Waals surface area contributed by atoms with Crippen molar-refractivity contribution in [2.45, 2.75) is 52.1 Å². The molecule has 1 aliphatic rings. The lowest BCUT2D eigenvalue weighted by Crippen LogP contribution is -2.31. The SMILES string of the molecule is CCCn1cc(C(=O)NC2CCCc3c2cnn3-c2ccccn2)c(C)n1. The van der Waals surface area contributed by atoms with Crippen molar-refractivity contribution in [1.82, 2.24) is 29.9 Å². The summed E-state index contributed by atoms with van der Waals surface area (Å²) in [5, 5.41) is 12.2. The largest absolute Gasteiger partial charge is 0.345 e. The second-order valence-electron chi connectivity index (χ2n) is 6.96. The summed E-state index contributed by atoms with van der Waals surface area (Å²) in [4.78, 5) is 17.2. The monoisotopic (exact) mass is 364 g/mol. The Balaban J connectivity index is 1.57. The highest BCUT2D eigenvalue weighted by molar-refractivity contribution is 5.95. The number of hydrogen-bond donors (Lipinski definition) is 1. The van der Waals surface area contributed by atoms with Gasteiger partial charge in [0, 0.05) is 24.5 Å². The fourth-order valence-corrected chi connectivity index (χ4v) is 3.70. The summed E-state index contributed by atoms with van der Waals surface area (Å²) >= 11 is 0. The Morgan fingerprint density at radius 1 is 1.37 bits per heavy atom. The van der Waals surface area contributed by atoms with Crippen LogP contribution in [0, 0.1) is 6.92 Å². The maximum absolute atomic E-state index is 12.8. The zero-order chi connectivity index (χ0) is 18.8. The third kappa shape index (κ3) is 3.37. The molecule has 7 nitrogen and oxygen atoms in total. The molecule has 3 aromatic heterocycles. The van der Waals surface area contributed by atoms with Crippen molar-refractivity contribution in [3.8, 4) is 5.82 Å². The highest BCUT2D eigenvalue weighted by Gasteiger charge is 2.27. The molecule has 7 heteroatoms. The van der Waals surface area contributed by atoms with Crippen LogP contribution in [0.5, 0.6) is 0 Å². The normalized spacial score (nSPS) is 16.1. The Kier molecular flexibility index (Phi) is 4.75. The molecule has 1 atom stereocenters. The minimum absolute atomic E-state index is 0.0346. The van der Waals surface area contributed by atoms with E-state index in [4.69, 9.17) is 0 Å². The minimum atomic E-state index is -0.0710. The van der Waals surface area contributed by atoms with E-state index in [0.717, 1.165) is 55.0 Å². The van der Waals surface area contributed by atoms with Crippen molar-refractivity contribution in [3.63, 3.8) is 0 Å². The van der Waals surface area contributed by atoms with Crippen molar-refractivity contribution < 1.29 is 4.79 Å².